The Bertz CT molecular complexity index is 854. The first-order chi connectivity index (χ1) is 14.1. The molecule has 1 N–H and O–H groups in total. The molecule has 2 fully saturated rings. The van der Waals surface area contributed by atoms with Crippen molar-refractivity contribution in [3.63, 3.8) is 0 Å². The molecule has 2 aromatic rings. The molecule has 0 unspecified atom stereocenters. The zero-order valence-corrected chi connectivity index (χ0v) is 18.0. The van der Waals surface area contributed by atoms with Gasteiger partial charge in [-0.05, 0) is 74.2 Å². The first-order valence-corrected chi connectivity index (χ1v) is 10.9. The summed E-state index contributed by atoms with van der Waals surface area (Å²) in [5.41, 5.74) is 2.01. The number of benzene rings is 2. The van der Waals surface area contributed by atoms with Crippen molar-refractivity contribution < 1.29 is 9.53 Å². The Balaban J connectivity index is 1.75. The Morgan fingerprint density at radius 2 is 1.83 bits per heavy atom. The monoisotopic (exact) mass is 432 g/mol. The van der Waals surface area contributed by atoms with Crippen molar-refractivity contribution in [2.75, 3.05) is 20.1 Å². The minimum atomic E-state index is -0.464. The van der Waals surface area contributed by atoms with Crippen LogP contribution in [0.25, 0.3) is 0 Å². The zero-order chi connectivity index (χ0) is 20.4. The fourth-order valence-corrected chi connectivity index (χ4v) is 4.33. The van der Waals surface area contributed by atoms with Gasteiger partial charge in [-0.1, -0.05) is 47.5 Å². The summed E-state index contributed by atoms with van der Waals surface area (Å²) in [5.74, 6) is 0.655. The Hall–Kier alpha value is -1.59. The van der Waals surface area contributed by atoms with E-state index in [-0.39, 0.29) is 18.1 Å². The second-order valence-corrected chi connectivity index (χ2v) is 8.80. The summed E-state index contributed by atoms with van der Waals surface area (Å²) in [6.07, 6.45) is 2.25. The van der Waals surface area contributed by atoms with Gasteiger partial charge < -0.3 is 15.0 Å². The number of ether oxygens (including phenoxy) is 1. The molecule has 1 amide bonds. The van der Waals surface area contributed by atoms with Crippen molar-refractivity contribution in [2.45, 2.75) is 37.5 Å². The molecule has 0 bridgehead atoms. The molecule has 0 aromatic heterocycles. The van der Waals surface area contributed by atoms with Gasteiger partial charge in [0.15, 0.2) is 0 Å². The Morgan fingerprint density at radius 3 is 2.48 bits per heavy atom. The van der Waals surface area contributed by atoms with Gasteiger partial charge in [0.25, 0.3) is 5.91 Å². The molecular weight excluding hydrogens is 407 g/mol. The van der Waals surface area contributed by atoms with Crippen LogP contribution in [0.1, 0.15) is 42.5 Å². The van der Waals surface area contributed by atoms with Gasteiger partial charge in [-0.2, -0.15) is 0 Å². The van der Waals surface area contributed by atoms with Crippen LogP contribution in [0.5, 0.6) is 0 Å². The van der Waals surface area contributed by atoms with E-state index in [2.05, 4.69) is 5.32 Å². The molecule has 4 nitrogen and oxygen atoms in total. The molecule has 1 saturated carbocycles. The highest BCUT2D eigenvalue weighted by atomic mass is 35.5. The fourth-order valence-electron chi connectivity index (χ4n) is 4.00. The van der Waals surface area contributed by atoms with E-state index in [1.807, 2.05) is 60.5 Å². The second kappa shape index (κ2) is 9.05. The minimum absolute atomic E-state index is 0.0744. The van der Waals surface area contributed by atoms with Crippen LogP contribution >= 0.6 is 23.2 Å². The lowest BCUT2D eigenvalue weighted by molar-refractivity contribution is -0.175. The Kier molecular flexibility index (Phi) is 6.45. The van der Waals surface area contributed by atoms with Crippen LogP contribution in [0.4, 0.5) is 0 Å². The SMILES string of the molecule is CNCC[C@@H]1O[C@@H](c2cccc(Cl)c2)[C@@H](c2ccc(Cl)cc2)N(CC2CC2)C1=O. The van der Waals surface area contributed by atoms with E-state index in [1.165, 1.54) is 12.8 Å². The predicted octanol–water partition coefficient (Wildman–Crippen LogP) is 5.02. The third-order valence-electron chi connectivity index (χ3n) is 5.69. The van der Waals surface area contributed by atoms with Crippen molar-refractivity contribution in [2.24, 2.45) is 5.92 Å². The lowest BCUT2D eigenvalue weighted by Gasteiger charge is -2.45. The van der Waals surface area contributed by atoms with E-state index in [0.29, 0.717) is 22.4 Å². The topological polar surface area (TPSA) is 41.6 Å². The summed E-state index contributed by atoms with van der Waals surface area (Å²) in [5, 5.41) is 4.47. The first kappa shape index (κ1) is 20.7. The number of carbonyl (C=O) groups is 1. The number of rotatable bonds is 7. The predicted molar refractivity (Wildman–Crippen MR) is 116 cm³/mol. The maximum atomic E-state index is 13.4. The van der Waals surface area contributed by atoms with Crippen molar-refractivity contribution in [1.29, 1.82) is 0 Å². The summed E-state index contributed by atoms with van der Waals surface area (Å²) < 4.78 is 6.45. The highest BCUT2D eigenvalue weighted by Gasteiger charge is 2.45. The second-order valence-electron chi connectivity index (χ2n) is 7.92. The number of nitrogens with one attached hydrogen (secondary N) is 1. The molecule has 154 valence electrons. The van der Waals surface area contributed by atoms with Gasteiger partial charge in [0, 0.05) is 16.6 Å². The van der Waals surface area contributed by atoms with Crippen LogP contribution in [0.2, 0.25) is 10.0 Å². The number of nitrogens with zero attached hydrogens (tertiary/aromatic N) is 1. The summed E-state index contributed by atoms with van der Waals surface area (Å²) in [6.45, 7) is 1.49. The van der Waals surface area contributed by atoms with E-state index < -0.39 is 6.10 Å². The molecule has 3 atom stereocenters. The number of carbonyl (C=O) groups excluding carboxylic acids is 1. The molecule has 0 spiro atoms. The number of hydrogen-bond acceptors (Lipinski definition) is 3. The van der Waals surface area contributed by atoms with Crippen LogP contribution in [0.3, 0.4) is 0 Å². The molecule has 6 heteroatoms. The molecule has 2 aromatic carbocycles. The first-order valence-electron chi connectivity index (χ1n) is 10.2. The van der Waals surface area contributed by atoms with Crippen LogP contribution in [0, 0.1) is 5.92 Å². The van der Waals surface area contributed by atoms with E-state index >= 15 is 0 Å². The molecular formula is C23H26Cl2N2O2. The summed E-state index contributed by atoms with van der Waals surface area (Å²) in [4.78, 5) is 15.4. The summed E-state index contributed by atoms with van der Waals surface area (Å²) in [6, 6.07) is 15.3. The Labute approximate surface area is 182 Å². The van der Waals surface area contributed by atoms with Crippen LogP contribution in [0.15, 0.2) is 48.5 Å². The zero-order valence-electron chi connectivity index (χ0n) is 16.5. The highest BCUT2D eigenvalue weighted by Crippen LogP contribution is 2.45. The van der Waals surface area contributed by atoms with Crippen molar-refractivity contribution in [3.8, 4) is 0 Å². The Morgan fingerprint density at radius 1 is 1.07 bits per heavy atom. The average molecular weight is 433 g/mol. The third-order valence-corrected chi connectivity index (χ3v) is 6.18. The largest absolute Gasteiger partial charge is 0.358 e. The van der Waals surface area contributed by atoms with Gasteiger partial charge in [-0.25, -0.2) is 0 Å². The van der Waals surface area contributed by atoms with Crippen molar-refractivity contribution in [3.05, 3.63) is 69.7 Å². The normalized spacial score (nSPS) is 24.7. The number of hydrogen-bond donors (Lipinski definition) is 1. The molecule has 2 aliphatic rings. The smallest absolute Gasteiger partial charge is 0.252 e. The molecule has 1 heterocycles. The van der Waals surface area contributed by atoms with Crippen LogP contribution in [-0.2, 0) is 9.53 Å². The summed E-state index contributed by atoms with van der Waals surface area (Å²) >= 11 is 12.4. The number of morpholine rings is 1. The minimum Gasteiger partial charge on any atom is -0.358 e. The van der Waals surface area contributed by atoms with Gasteiger partial charge in [0.1, 0.15) is 12.2 Å². The van der Waals surface area contributed by atoms with Crippen LogP contribution in [-0.4, -0.2) is 37.0 Å². The molecule has 1 saturated heterocycles. The van der Waals surface area contributed by atoms with E-state index in [0.717, 1.165) is 24.2 Å². The van der Waals surface area contributed by atoms with Gasteiger partial charge >= 0.3 is 0 Å². The lowest BCUT2D eigenvalue weighted by Crippen LogP contribution is -2.52. The third kappa shape index (κ3) is 4.77. The number of amides is 1. The van der Waals surface area contributed by atoms with Gasteiger partial charge in [-0.15, -0.1) is 0 Å². The van der Waals surface area contributed by atoms with Gasteiger partial charge in [0.2, 0.25) is 0 Å². The quantitative estimate of drug-likeness (QED) is 0.667. The van der Waals surface area contributed by atoms with E-state index in [1.54, 1.807) is 0 Å². The van der Waals surface area contributed by atoms with Crippen molar-refractivity contribution >= 4 is 29.1 Å². The van der Waals surface area contributed by atoms with Crippen LogP contribution < -0.4 is 5.32 Å². The number of halogens is 2. The highest BCUT2D eigenvalue weighted by molar-refractivity contribution is 6.30. The summed E-state index contributed by atoms with van der Waals surface area (Å²) in [7, 11) is 1.89. The van der Waals surface area contributed by atoms with Gasteiger partial charge in [-0.3, -0.25) is 4.79 Å². The fraction of sp³-hybridized carbons (Fsp3) is 0.435. The molecule has 29 heavy (non-hydrogen) atoms. The lowest BCUT2D eigenvalue weighted by atomic mass is 9.91. The van der Waals surface area contributed by atoms with E-state index in [9.17, 15) is 4.79 Å². The molecule has 1 aliphatic heterocycles. The standard InChI is InChI=1S/C23H26Cl2N2O2/c1-26-12-11-20-23(28)27(14-15-5-6-15)21(16-7-9-18(24)10-8-16)22(29-20)17-3-2-4-19(25)13-17/h2-4,7-10,13,15,20-22,26H,5-6,11-12,14H2,1H3/t20-,21+,22-/m0/s1. The molecule has 1 aliphatic carbocycles. The average Bonchev–Trinajstić information content (AvgIpc) is 3.53. The maximum Gasteiger partial charge on any atom is 0.252 e. The van der Waals surface area contributed by atoms with E-state index in [4.69, 9.17) is 27.9 Å². The molecule has 0 radical (unpaired) electrons. The molecule has 4 rings (SSSR count). The van der Waals surface area contributed by atoms with Crippen molar-refractivity contribution in [1.82, 2.24) is 10.2 Å². The van der Waals surface area contributed by atoms with Gasteiger partial charge in [0.05, 0.1) is 6.04 Å². The maximum absolute atomic E-state index is 13.4.